The van der Waals surface area contributed by atoms with Crippen LogP contribution in [0.3, 0.4) is 0 Å². The average molecular weight is 571 g/mol. The first kappa shape index (κ1) is 29.8. The van der Waals surface area contributed by atoms with Gasteiger partial charge in [-0.25, -0.2) is 9.98 Å². The van der Waals surface area contributed by atoms with Crippen molar-refractivity contribution >= 4 is 17.5 Å². The fourth-order valence-corrected chi connectivity index (χ4v) is 4.49. The molecule has 4 rings (SSSR count). The second kappa shape index (κ2) is 13.0. The van der Waals surface area contributed by atoms with Gasteiger partial charge in [0.05, 0.1) is 35.8 Å². The molecule has 1 saturated heterocycles. The number of nitrogens with one attached hydrogen (secondary N) is 1. The van der Waals surface area contributed by atoms with Gasteiger partial charge in [-0.05, 0) is 37.1 Å². The number of hydrogen-bond acceptors (Lipinski definition) is 7. The Morgan fingerprint density at radius 3 is 2.66 bits per heavy atom. The van der Waals surface area contributed by atoms with Crippen molar-refractivity contribution in [2.45, 2.75) is 26.1 Å². The molecule has 1 aliphatic rings. The summed E-state index contributed by atoms with van der Waals surface area (Å²) in [5.41, 5.74) is 1.69. The zero-order valence-electron chi connectivity index (χ0n) is 23.2. The van der Waals surface area contributed by atoms with Gasteiger partial charge in [0.25, 0.3) is 5.91 Å². The molecule has 41 heavy (non-hydrogen) atoms. The maximum absolute atomic E-state index is 12.8. The summed E-state index contributed by atoms with van der Waals surface area (Å²) in [7, 11) is 3.14. The lowest BCUT2D eigenvalue weighted by Gasteiger charge is -2.15. The number of likely N-dealkylation sites (tertiary alicyclic amines) is 1. The van der Waals surface area contributed by atoms with E-state index in [2.05, 4.69) is 38.8 Å². The Kier molecular flexibility index (Phi) is 9.43. The van der Waals surface area contributed by atoms with Crippen molar-refractivity contribution in [2.24, 2.45) is 18.0 Å². The first-order valence-electron chi connectivity index (χ1n) is 13.1. The summed E-state index contributed by atoms with van der Waals surface area (Å²) in [6.45, 7) is 9.73. The Labute approximate surface area is 236 Å². The molecule has 1 aliphatic heterocycles. The van der Waals surface area contributed by atoms with Crippen molar-refractivity contribution in [1.82, 2.24) is 25.0 Å². The third-order valence-corrected chi connectivity index (χ3v) is 6.82. The average Bonchev–Trinajstić information content (AvgIpc) is 3.54. The molecule has 0 saturated carbocycles. The van der Waals surface area contributed by atoms with Crippen LogP contribution in [0.1, 0.15) is 46.1 Å². The maximum Gasteiger partial charge on any atom is 0.417 e. The van der Waals surface area contributed by atoms with Crippen molar-refractivity contribution in [3.63, 3.8) is 0 Å². The van der Waals surface area contributed by atoms with Crippen LogP contribution in [0.5, 0.6) is 5.88 Å². The van der Waals surface area contributed by atoms with Crippen molar-refractivity contribution in [3.8, 4) is 5.88 Å². The highest BCUT2D eigenvalue weighted by molar-refractivity contribution is 5.99. The number of amides is 1. The third-order valence-electron chi connectivity index (χ3n) is 6.82. The number of alkyl halides is 3. The maximum atomic E-state index is 12.8. The summed E-state index contributed by atoms with van der Waals surface area (Å²) >= 11 is 0. The lowest BCUT2D eigenvalue weighted by atomic mass is 10.1. The molecule has 0 radical (unpaired) electrons. The third kappa shape index (κ3) is 7.72. The number of benzene rings is 1. The van der Waals surface area contributed by atoms with Crippen molar-refractivity contribution < 1.29 is 27.4 Å². The van der Waals surface area contributed by atoms with Gasteiger partial charge >= 0.3 is 6.18 Å². The molecule has 1 unspecified atom stereocenters. The molecule has 9 nitrogen and oxygen atoms in total. The SMILES string of the molecule is C=C(N=C(OC)c1cnn(C)c1COc1ccc(C(F)(F)F)cn1)c1cccc(C(=O)NCCN2CCC(C)C2)c1. The summed E-state index contributed by atoms with van der Waals surface area (Å²) < 4.78 is 51.1. The van der Waals surface area contributed by atoms with E-state index >= 15 is 0 Å². The summed E-state index contributed by atoms with van der Waals surface area (Å²) in [4.78, 5) is 23.4. The predicted molar refractivity (Wildman–Crippen MR) is 148 cm³/mol. The van der Waals surface area contributed by atoms with E-state index in [1.807, 2.05) is 0 Å². The van der Waals surface area contributed by atoms with Gasteiger partial charge in [-0.1, -0.05) is 25.6 Å². The first-order chi connectivity index (χ1) is 19.5. The second-order valence-corrected chi connectivity index (χ2v) is 9.90. The highest BCUT2D eigenvalue weighted by atomic mass is 19.4. The molecule has 0 aliphatic carbocycles. The summed E-state index contributed by atoms with van der Waals surface area (Å²) in [6, 6.07) is 9.07. The molecule has 3 heterocycles. The zero-order valence-corrected chi connectivity index (χ0v) is 23.2. The van der Waals surface area contributed by atoms with E-state index in [-0.39, 0.29) is 24.3 Å². The standard InChI is InChI=1S/C29H33F3N6O3/c1-19-10-12-38(17-19)13-11-33-27(39)22-7-5-6-21(14-22)20(2)36-28(40-4)24-16-35-37(3)25(24)18-41-26-9-8-23(15-34-26)29(30,31)32/h5-9,14-16,19H,2,10-13,17-18H2,1,3-4H3,(H,33,39). The van der Waals surface area contributed by atoms with Crippen LogP contribution in [-0.4, -0.2) is 64.8 Å². The number of hydrogen-bond donors (Lipinski definition) is 1. The van der Waals surface area contributed by atoms with Gasteiger partial charge < -0.3 is 19.7 Å². The number of aliphatic imine (C=N–C) groups is 1. The molecule has 0 spiro atoms. The topological polar surface area (TPSA) is 93.9 Å². The fraction of sp³-hybridized carbons (Fsp3) is 0.379. The molecule has 1 amide bonds. The lowest BCUT2D eigenvalue weighted by molar-refractivity contribution is -0.137. The number of ether oxygens (including phenoxy) is 2. The highest BCUT2D eigenvalue weighted by Crippen LogP contribution is 2.29. The number of carbonyl (C=O) groups is 1. The first-order valence-corrected chi connectivity index (χ1v) is 13.1. The van der Waals surface area contributed by atoms with E-state index in [1.165, 1.54) is 13.5 Å². The van der Waals surface area contributed by atoms with Crippen molar-refractivity contribution in [2.75, 3.05) is 33.3 Å². The molecule has 12 heteroatoms. The summed E-state index contributed by atoms with van der Waals surface area (Å²) in [6.07, 6.45) is -1.04. The van der Waals surface area contributed by atoms with E-state index in [0.717, 1.165) is 31.8 Å². The molecule has 1 fully saturated rings. The van der Waals surface area contributed by atoms with E-state index in [9.17, 15) is 18.0 Å². The van der Waals surface area contributed by atoms with Crippen LogP contribution in [0.15, 0.2) is 60.4 Å². The number of rotatable bonds is 10. The quantitative estimate of drug-likeness (QED) is 0.284. The van der Waals surface area contributed by atoms with Gasteiger partial charge in [0.1, 0.15) is 6.61 Å². The van der Waals surface area contributed by atoms with Crippen LogP contribution in [-0.2, 0) is 24.6 Å². The molecular weight excluding hydrogens is 537 g/mol. The Hall–Kier alpha value is -4.19. The minimum Gasteiger partial charge on any atom is -0.480 e. The van der Waals surface area contributed by atoms with Gasteiger partial charge in [0.15, 0.2) is 0 Å². The van der Waals surface area contributed by atoms with Crippen LogP contribution >= 0.6 is 0 Å². The smallest absolute Gasteiger partial charge is 0.417 e. The second-order valence-electron chi connectivity index (χ2n) is 9.90. The largest absolute Gasteiger partial charge is 0.480 e. The molecule has 3 aromatic rings. The lowest BCUT2D eigenvalue weighted by Crippen LogP contribution is -2.33. The Morgan fingerprint density at radius 1 is 1.22 bits per heavy atom. The van der Waals surface area contributed by atoms with Gasteiger partial charge in [0.2, 0.25) is 11.8 Å². The van der Waals surface area contributed by atoms with Crippen molar-refractivity contribution in [1.29, 1.82) is 0 Å². The molecular formula is C29H33F3N6O3. The van der Waals surface area contributed by atoms with Gasteiger partial charge in [-0.15, -0.1) is 0 Å². The van der Waals surface area contributed by atoms with E-state index in [4.69, 9.17) is 9.47 Å². The molecule has 2 aromatic heterocycles. The minimum absolute atomic E-state index is 0.0237. The number of aromatic nitrogens is 3. The zero-order chi connectivity index (χ0) is 29.6. The van der Waals surface area contributed by atoms with Crippen molar-refractivity contribution in [3.05, 3.63) is 83.3 Å². The molecule has 1 atom stereocenters. The Morgan fingerprint density at radius 2 is 2.00 bits per heavy atom. The predicted octanol–water partition coefficient (Wildman–Crippen LogP) is 4.55. The van der Waals surface area contributed by atoms with Crippen LogP contribution in [0, 0.1) is 5.92 Å². The molecule has 1 aromatic carbocycles. The van der Waals surface area contributed by atoms with E-state index in [1.54, 1.807) is 42.2 Å². The summed E-state index contributed by atoms with van der Waals surface area (Å²) in [5.74, 6) is 0.746. The highest BCUT2D eigenvalue weighted by Gasteiger charge is 2.30. The molecule has 218 valence electrons. The summed E-state index contributed by atoms with van der Waals surface area (Å²) in [5, 5.41) is 7.22. The number of aryl methyl sites for hydroxylation is 1. The fourth-order valence-electron chi connectivity index (χ4n) is 4.49. The molecule has 1 N–H and O–H groups in total. The number of halogens is 3. The Balaban J connectivity index is 1.42. The van der Waals surface area contributed by atoms with E-state index in [0.29, 0.717) is 46.7 Å². The number of methoxy groups -OCH3 is 1. The van der Waals surface area contributed by atoms with Crippen LogP contribution < -0.4 is 10.1 Å². The monoisotopic (exact) mass is 570 g/mol. The van der Waals surface area contributed by atoms with Crippen LogP contribution in [0.4, 0.5) is 13.2 Å². The number of nitrogens with zero attached hydrogens (tertiary/aromatic N) is 5. The van der Waals surface area contributed by atoms with E-state index < -0.39 is 11.7 Å². The number of pyridine rings is 1. The minimum atomic E-state index is -4.48. The van der Waals surface area contributed by atoms with Crippen LogP contribution in [0.2, 0.25) is 0 Å². The molecule has 0 bridgehead atoms. The number of carbonyl (C=O) groups excluding carboxylic acids is 1. The van der Waals surface area contributed by atoms with Gasteiger partial charge in [-0.2, -0.15) is 18.3 Å². The Bertz CT molecular complexity index is 1400. The van der Waals surface area contributed by atoms with Gasteiger partial charge in [0, 0.05) is 50.1 Å². The van der Waals surface area contributed by atoms with Crippen LogP contribution in [0.25, 0.3) is 5.70 Å². The normalized spacial score (nSPS) is 16.0. The van der Waals surface area contributed by atoms with Gasteiger partial charge in [-0.3, -0.25) is 9.48 Å².